The van der Waals surface area contributed by atoms with Crippen LogP contribution in [0.15, 0.2) is 24.3 Å². The summed E-state index contributed by atoms with van der Waals surface area (Å²) in [5.41, 5.74) is 0.116. The minimum absolute atomic E-state index is 0.000139. The van der Waals surface area contributed by atoms with Crippen molar-refractivity contribution in [3.63, 3.8) is 0 Å². The van der Waals surface area contributed by atoms with Gasteiger partial charge in [0.15, 0.2) is 0 Å². The molecule has 0 aliphatic carbocycles. The topological polar surface area (TPSA) is 52.6 Å². The zero-order valence-corrected chi connectivity index (χ0v) is 10.8. The molecule has 1 saturated heterocycles. The number of cyclic esters (lactones) is 1. The summed E-state index contributed by atoms with van der Waals surface area (Å²) in [4.78, 5) is 23.2. The molecule has 1 atom stereocenters. The first-order chi connectivity index (χ1) is 8.88. The number of halogens is 1. The van der Waals surface area contributed by atoms with Crippen molar-refractivity contribution >= 4 is 11.9 Å². The van der Waals surface area contributed by atoms with E-state index < -0.39 is 23.5 Å². The van der Waals surface area contributed by atoms with Crippen molar-refractivity contribution in [3.8, 4) is 0 Å². The van der Waals surface area contributed by atoms with Crippen LogP contribution in [0.4, 0.5) is 4.39 Å². The molecule has 5 heteroatoms. The van der Waals surface area contributed by atoms with Crippen LogP contribution in [0.1, 0.15) is 19.4 Å². The van der Waals surface area contributed by atoms with E-state index in [1.54, 1.807) is 13.8 Å². The summed E-state index contributed by atoms with van der Waals surface area (Å²) in [5.74, 6) is -1.40. The lowest BCUT2D eigenvalue weighted by Gasteiger charge is -2.21. The van der Waals surface area contributed by atoms with Crippen LogP contribution in [-0.4, -0.2) is 24.6 Å². The third-order valence-corrected chi connectivity index (χ3v) is 3.02. The van der Waals surface area contributed by atoms with E-state index in [4.69, 9.17) is 9.47 Å². The summed E-state index contributed by atoms with van der Waals surface area (Å²) < 4.78 is 22.8. The van der Waals surface area contributed by atoms with Gasteiger partial charge in [0.1, 0.15) is 12.4 Å². The highest BCUT2D eigenvalue weighted by Gasteiger charge is 2.46. The molecule has 102 valence electrons. The molecule has 1 aliphatic heterocycles. The Morgan fingerprint density at radius 1 is 1.42 bits per heavy atom. The number of esters is 2. The number of carbonyl (C=O) groups excluding carboxylic acids is 2. The standard InChI is InChI=1S/C14H15FO4/c1-14(2)8-18-13(17)12(14)19-11(16)7-9-3-5-10(15)6-4-9/h3-6,12H,7-8H2,1-2H3/t12-/m0/s1. The first-order valence-corrected chi connectivity index (χ1v) is 5.99. The van der Waals surface area contributed by atoms with E-state index in [1.807, 2.05) is 0 Å². The number of hydrogen-bond acceptors (Lipinski definition) is 4. The van der Waals surface area contributed by atoms with Crippen LogP contribution in [-0.2, 0) is 25.5 Å². The van der Waals surface area contributed by atoms with Crippen molar-refractivity contribution in [1.82, 2.24) is 0 Å². The smallest absolute Gasteiger partial charge is 0.348 e. The molecular weight excluding hydrogens is 251 g/mol. The van der Waals surface area contributed by atoms with Gasteiger partial charge in [-0.15, -0.1) is 0 Å². The maximum Gasteiger partial charge on any atom is 0.348 e. The lowest BCUT2D eigenvalue weighted by Crippen LogP contribution is -2.35. The highest BCUT2D eigenvalue weighted by Crippen LogP contribution is 2.31. The predicted octanol–water partition coefficient (Wildman–Crippen LogP) is 1.86. The van der Waals surface area contributed by atoms with E-state index in [2.05, 4.69) is 0 Å². The Balaban J connectivity index is 1.98. The molecule has 1 aromatic rings. The van der Waals surface area contributed by atoms with Gasteiger partial charge in [-0.1, -0.05) is 26.0 Å². The molecule has 2 rings (SSSR count). The van der Waals surface area contributed by atoms with E-state index in [1.165, 1.54) is 24.3 Å². The molecule has 0 saturated carbocycles. The van der Waals surface area contributed by atoms with E-state index in [0.29, 0.717) is 5.56 Å². The van der Waals surface area contributed by atoms with Crippen molar-refractivity contribution < 1.29 is 23.5 Å². The second-order valence-corrected chi connectivity index (χ2v) is 5.27. The average Bonchev–Trinajstić information content (AvgIpc) is 2.59. The lowest BCUT2D eigenvalue weighted by atomic mass is 9.90. The van der Waals surface area contributed by atoms with Crippen LogP contribution < -0.4 is 0 Å². The Morgan fingerprint density at radius 3 is 2.58 bits per heavy atom. The lowest BCUT2D eigenvalue weighted by molar-refractivity contribution is -0.162. The minimum Gasteiger partial charge on any atom is -0.462 e. The Labute approximate surface area is 110 Å². The minimum atomic E-state index is -0.875. The number of rotatable bonds is 3. The molecule has 0 unspecified atom stereocenters. The van der Waals surface area contributed by atoms with E-state index in [9.17, 15) is 14.0 Å². The molecule has 0 amide bonds. The van der Waals surface area contributed by atoms with Crippen molar-refractivity contribution in [2.45, 2.75) is 26.4 Å². The third-order valence-electron chi connectivity index (χ3n) is 3.02. The Bertz CT molecular complexity index is 493. The number of ether oxygens (including phenoxy) is 2. The van der Waals surface area contributed by atoms with Gasteiger partial charge in [-0.25, -0.2) is 9.18 Å². The molecule has 1 aromatic carbocycles. The highest BCUT2D eigenvalue weighted by molar-refractivity contribution is 5.82. The highest BCUT2D eigenvalue weighted by atomic mass is 19.1. The van der Waals surface area contributed by atoms with Gasteiger partial charge in [0.25, 0.3) is 0 Å². The van der Waals surface area contributed by atoms with Gasteiger partial charge in [0.05, 0.1) is 6.42 Å². The van der Waals surface area contributed by atoms with Gasteiger partial charge < -0.3 is 9.47 Å². The van der Waals surface area contributed by atoms with Gasteiger partial charge in [-0.2, -0.15) is 0 Å². The van der Waals surface area contributed by atoms with Gasteiger partial charge in [-0.05, 0) is 17.7 Å². The maximum absolute atomic E-state index is 12.7. The Morgan fingerprint density at radius 2 is 2.05 bits per heavy atom. The Hall–Kier alpha value is -1.91. The van der Waals surface area contributed by atoms with Crippen molar-refractivity contribution in [2.75, 3.05) is 6.61 Å². The third kappa shape index (κ3) is 3.10. The summed E-state index contributed by atoms with van der Waals surface area (Å²) in [6, 6.07) is 5.57. The summed E-state index contributed by atoms with van der Waals surface area (Å²) in [5, 5.41) is 0. The predicted molar refractivity (Wildman–Crippen MR) is 64.7 cm³/mol. The van der Waals surface area contributed by atoms with E-state index in [0.717, 1.165) is 0 Å². The van der Waals surface area contributed by atoms with Crippen LogP contribution in [0, 0.1) is 11.2 Å². The summed E-state index contributed by atoms with van der Waals surface area (Å²) in [6.07, 6.45) is -0.874. The molecule has 1 fully saturated rings. The molecule has 0 radical (unpaired) electrons. The second-order valence-electron chi connectivity index (χ2n) is 5.27. The van der Waals surface area contributed by atoms with Crippen LogP contribution in [0.25, 0.3) is 0 Å². The molecule has 19 heavy (non-hydrogen) atoms. The van der Waals surface area contributed by atoms with Crippen LogP contribution >= 0.6 is 0 Å². The fraction of sp³-hybridized carbons (Fsp3) is 0.429. The normalized spacial score (nSPS) is 21.0. The largest absolute Gasteiger partial charge is 0.462 e. The summed E-state index contributed by atoms with van der Waals surface area (Å²) in [7, 11) is 0. The number of benzene rings is 1. The monoisotopic (exact) mass is 266 g/mol. The van der Waals surface area contributed by atoms with Gasteiger partial charge >= 0.3 is 11.9 Å². The zero-order chi connectivity index (χ0) is 14.0. The van der Waals surface area contributed by atoms with E-state index in [-0.39, 0.29) is 18.8 Å². The van der Waals surface area contributed by atoms with Gasteiger partial charge in [-0.3, -0.25) is 4.79 Å². The first kappa shape index (κ1) is 13.5. The van der Waals surface area contributed by atoms with E-state index >= 15 is 0 Å². The molecule has 4 nitrogen and oxygen atoms in total. The first-order valence-electron chi connectivity index (χ1n) is 5.99. The average molecular weight is 266 g/mol. The molecular formula is C14H15FO4. The molecule has 1 heterocycles. The van der Waals surface area contributed by atoms with Crippen LogP contribution in [0.5, 0.6) is 0 Å². The summed E-state index contributed by atoms with van der Waals surface area (Å²) >= 11 is 0. The maximum atomic E-state index is 12.7. The molecule has 0 spiro atoms. The van der Waals surface area contributed by atoms with Crippen LogP contribution in [0.2, 0.25) is 0 Å². The second kappa shape index (κ2) is 4.99. The van der Waals surface area contributed by atoms with Gasteiger partial charge in [0, 0.05) is 5.41 Å². The quantitative estimate of drug-likeness (QED) is 0.784. The molecule has 0 N–H and O–H groups in total. The Kier molecular flexibility index (Phi) is 3.55. The molecule has 1 aliphatic rings. The zero-order valence-electron chi connectivity index (χ0n) is 10.8. The number of carbonyl (C=O) groups is 2. The van der Waals surface area contributed by atoms with Crippen LogP contribution in [0.3, 0.4) is 0 Å². The van der Waals surface area contributed by atoms with Gasteiger partial charge in [0.2, 0.25) is 6.10 Å². The van der Waals surface area contributed by atoms with Crippen molar-refractivity contribution in [1.29, 1.82) is 0 Å². The van der Waals surface area contributed by atoms with Crippen molar-refractivity contribution in [3.05, 3.63) is 35.6 Å². The SMILES string of the molecule is CC1(C)COC(=O)[C@@H]1OC(=O)Cc1ccc(F)cc1. The van der Waals surface area contributed by atoms with Crippen molar-refractivity contribution in [2.24, 2.45) is 5.41 Å². The fourth-order valence-electron chi connectivity index (χ4n) is 1.88. The summed E-state index contributed by atoms with van der Waals surface area (Å²) in [6.45, 7) is 3.84. The molecule has 0 bridgehead atoms. The number of hydrogen-bond donors (Lipinski definition) is 0. The molecule has 0 aromatic heterocycles. The fourth-order valence-corrected chi connectivity index (χ4v) is 1.88.